The zero-order valence-corrected chi connectivity index (χ0v) is 9.24. The Morgan fingerprint density at radius 3 is 2.73 bits per heavy atom. The van der Waals surface area contributed by atoms with Gasteiger partial charge < -0.3 is 11.1 Å². The standard InChI is InChI=1S/C12H19N3/c1-9-2-4-10(5-3-9)15-12-6-7-14-8-11(12)13/h6-10H,2-5,13H2,1H3,(H,14,15). The van der Waals surface area contributed by atoms with Crippen LogP contribution in [0.2, 0.25) is 0 Å². The maximum Gasteiger partial charge on any atom is 0.0736 e. The third-order valence-electron chi connectivity index (χ3n) is 3.23. The number of anilines is 2. The number of nitrogen functional groups attached to an aromatic ring is 1. The predicted octanol–water partition coefficient (Wildman–Crippen LogP) is 2.65. The Hall–Kier alpha value is -1.25. The fourth-order valence-electron chi connectivity index (χ4n) is 2.16. The fraction of sp³-hybridized carbons (Fsp3) is 0.583. The molecule has 1 aliphatic rings. The van der Waals surface area contributed by atoms with E-state index in [9.17, 15) is 0 Å². The summed E-state index contributed by atoms with van der Waals surface area (Å²) in [4.78, 5) is 3.99. The molecule has 0 bridgehead atoms. The molecule has 1 saturated carbocycles. The predicted molar refractivity (Wildman–Crippen MR) is 63.7 cm³/mol. The summed E-state index contributed by atoms with van der Waals surface area (Å²) in [7, 11) is 0. The lowest BCUT2D eigenvalue weighted by molar-refractivity contribution is 0.361. The number of pyridine rings is 1. The summed E-state index contributed by atoms with van der Waals surface area (Å²) in [6.07, 6.45) is 8.63. The lowest BCUT2D eigenvalue weighted by Crippen LogP contribution is -2.25. The molecule has 15 heavy (non-hydrogen) atoms. The molecule has 3 nitrogen and oxygen atoms in total. The maximum absolute atomic E-state index is 5.84. The van der Waals surface area contributed by atoms with Crippen molar-refractivity contribution in [1.29, 1.82) is 0 Å². The Bertz CT molecular complexity index is 316. The molecule has 1 heterocycles. The van der Waals surface area contributed by atoms with E-state index in [0.29, 0.717) is 6.04 Å². The Morgan fingerprint density at radius 1 is 1.33 bits per heavy atom. The number of hydrogen-bond acceptors (Lipinski definition) is 3. The minimum atomic E-state index is 0.589. The first-order valence-electron chi connectivity index (χ1n) is 5.71. The molecule has 0 amide bonds. The molecule has 3 N–H and O–H groups in total. The van der Waals surface area contributed by atoms with Gasteiger partial charge in [-0.1, -0.05) is 6.92 Å². The molecule has 0 unspecified atom stereocenters. The molecule has 2 rings (SSSR count). The van der Waals surface area contributed by atoms with E-state index in [1.165, 1.54) is 25.7 Å². The molecular formula is C12H19N3. The van der Waals surface area contributed by atoms with Crippen molar-refractivity contribution < 1.29 is 0 Å². The van der Waals surface area contributed by atoms with Gasteiger partial charge in [0.05, 0.1) is 17.6 Å². The van der Waals surface area contributed by atoms with Crippen LogP contribution in [0.1, 0.15) is 32.6 Å². The van der Waals surface area contributed by atoms with Gasteiger partial charge >= 0.3 is 0 Å². The normalized spacial score (nSPS) is 26.2. The van der Waals surface area contributed by atoms with E-state index >= 15 is 0 Å². The van der Waals surface area contributed by atoms with Gasteiger partial charge in [-0.15, -0.1) is 0 Å². The van der Waals surface area contributed by atoms with Crippen molar-refractivity contribution in [3.05, 3.63) is 18.5 Å². The van der Waals surface area contributed by atoms with Crippen molar-refractivity contribution in [3.8, 4) is 0 Å². The first kappa shape index (κ1) is 10.3. The van der Waals surface area contributed by atoms with Crippen molar-refractivity contribution in [2.75, 3.05) is 11.1 Å². The quantitative estimate of drug-likeness (QED) is 0.780. The number of nitrogens with two attached hydrogens (primary N) is 1. The van der Waals surface area contributed by atoms with E-state index in [1.807, 2.05) is 6.07 Å². The van der Waals surface area contributed by atoms with Gasteiger partial charge in [-0.25, -0.2) is 0 Å². The molecule has 0 radical (unpaired) electrons. The second kappa shape index (κ2) is 4.51. The smallest absolute Gasteiger partial charge is 0.0736 e. The summed E-state index contributed by atoms with van der Waals surface area (Å²) < 4.78 is 0. The summed E-state index contributed by atoms with van der Waals surface area (Å²) in [5.41, 5.74) is 7.62. The van der Waals surface area contributed by atoms with Gasteiger partial charge in [0.1, 0.15) is 0 Å². The summed E-state index contributed by atoms with van der Waals surface area (Å²) in [6, 6.07) is 2.54. The zero-order chi connectivity index (χ0) is 10.7. The molecular weight excluding hydrogens is 186 g/mol. The van der Waals surface area contributed by atoms with E-state index in [2.05, 4.69) is 17.2 Å². The molecule has 1 aliphatic carbocycles. The van der Waals surface area contributed by atoms with Crippen LogP contribution >= 0.6 is 0 Å². The Kier molecular flexibility index (Phi) is 3.09. The van der Waals surface area contributed by atoms with Gasteiger partial charge in [0, 0.05) is 12.2 Å². The average molecular weight is 205 g/mol. The van der Waals surface area contributed by atoms with Gasteiger partial charge in [-0.2, -0.15) is 0 Å². The van der Waals surface area contributed by atoms with E-state index in [-0.39, 0.29) is 0 Å². The van der Waals surface area contributed by atoms with Crippen molar-refractivity contribution in [3.63, 3.8) is 0 Å². The molecule has 3 heteroatoms. The second-order valence-corrected chi connectivity index (χ2v) is 4.56. The van der Waals surface area contributed by atoms with Crippen molar-refractivity contribution in [1.82, 2.24) is 4.98 Å². The van der Waals surface area contributed by atoms with Crippen LogP contribution in [0.25, 0.3) is 0 Å². The van der Waals surface area contributed by atoms with Crippen LogP contribution in [0.3, 0.4) is 0 Å². The van der Waals surface area contributed by atoms with Crippen LogP contribution in [0, 0.1) is 5.92 Å². The number of rotatable bonds is 2. The number of aromatic nitrogens is 1. The molecule has 1 fully saturated rings. The monoisotopic (exact) mass is 205 g/mol. The molecule has 0 atom stereocenters. The van der Waals surface area contributed by atoms with Crippen LogP contribution < -0.4 is 11.1 Å². The third kappa shape index (κ3) is 2.61. The minimum Gasteiger partial charge on any atom is -0.396 e. The van der Waals surface area contributed by atoms with Crippen LogP contribution in [0.4, 0.5) is 11.4 Å². The lowest BCUT2D eigenvalue weighted by atomic mass is 9.87. The van der Waals surface area contributed by atoms with Crippen LogP contribution in [-0.4, -0.2) is 11.0 Å². The minimum absolute atomic E-state index is 0.589. The number of nitrogens with zero attached hydrogens (tertiary/aromatic N) is 1. The van der Waals surface area contributed by atoms with Crippen molar-refractivity contribution in [2.45, 2.75) is 38.6 Å². The summed E-state index contributed by atoms with van der Waals surface area (Å²) >= 11 is 0. The van der Waals surface area contributed by atoms with Crippen molar-refractivity contribution in [2.24, 2.45) is 5.92 Å². The first-order valence-corrected chi connectivity index (χ1v) is 5.71. The molecule has 0 saturated heterocycles. The van der Waals surface area contributed by atoms with E-state index in [1.54, 1.807) is 12.4 Å². The Balaban J connectivity index is 1.95. The Morgan fingerprint density at radius 2 is 2.07 bits per heavy atom. The second-order valence-electron chi connectivity index (χ2n) is 4.56. The SMILES string of the molecule is CC1CCC(Nc2ccncc2N)CC1. The van der Waals surface area contributed by atoms with Crippen LogP contribution in [0.15, 0.2) is 18.5 Å². The number of hydrogen-bond donors (Lipinski definition) is 2. The third-order valence-corrected chi connectivity index (χ3v) is 3.23. The first-order chi connectivity index (χ1) is 7.25. The van der Waals surface area contributed by atoms with E-state index in [0.717, 1.165) is 17.3 Å². The number of nitrogens with one attached hydrogen (secondary N) is 1. The van der Waals surface area contributed by atoms with Crippen LogP contribution in [-0.2, 0) is 0 Å². The Labute approximate surface area is 91.1 Å². The molecule has 0 aliphatic heterocycles. The highest BCUT2D eigenvalue weighted by Crippen LogP contribution is 2.27. The molecule has 82 valence electrons. The van der Waals surface area contributed by atoms with Crippen LogP contribution in [0.5, 0.6) is 0 Å². The molecule has 1 aromatic heterocycles. The van der Waals surface area contributed by atoms with Gasteiger partial charge in [0.2, 0.25) is 0 Å². The topological polar surface area (TPSA) is 50.9 Å². The molecule has 0 spiro atoms. The molecule has 0 aromatic carbocycles. The summed E-state index contributed by atoms with van der Waals surface area (Å²) in [5, 5.41) is 3.50. The largest absolute Gasteiger partial charge is 0.396 e. The van der Waals surface area contributed by atoms with Gasteiger partial charge in [-0.05, 0) is 37.7 Å². The highest BCUT2D eigenvalue weighted by atomic mass is 14.9. The van der Waals surface area contributed by atoms with E-state index in [4.69, 9.17) is 5.73 Å². The fourth-order valence-corrected chi connectivity index (χ4v) is 2.16. The molecule has 1 aromatic rings. The van der Waals surface area contributed by atoms with E-state index < -0.39 is 0 Å². The van der Waals surface area contributed by atoms with Gasteiger partial charge in [-0.3, -0.25) is 4.98 Å². The van der Waals surface area contributed by atoms with Gasteiger partial charge in [0.25, 0.3) is 0 Å². The summed E-state index contributed by atoms with van der Waals surface area (Å²) in [6.45, 7) is 2.33. The lowest BCUT2D eigenvalue weighted by Gasteiger charge is -2.28. The van der Waals surface area contributed by atoms with Crippen molar-refractivity contribution >= 4 is 11.4 Å². The maximum atomic E-state index is 5.84. The zero-order valence-electron chi connectivity index (χ0n) is 9.24. The highest BCUT2D eigenvalue weighted by Gasteiger charge is 2.18. The summed E-state index contributed by atoms with van der Waals surface area (Å²) in [5.74, 6) is 0.887. The van der Waals surface area contributed by atoms with Gasteiger partial charge in [0.15, 0.2) is 0 Å². The average Bonchev–Trinajstić information content (AvgIpc) is 2.25. The highest BCUT2D eigenvalue weighted by molar-refractivity contribution is 5.64.